The summed E-state index contributed by atoms with van der Waals surface area (Å²) in [5, 5.41) is 6.37. The van der Waals surface area contributed by atoms with Crippen LogP contribution in [-0.4, -0.2) is 39.9 Å². The molecular weight excluding hydrogens is 418 g/mol. The van der Waals surface area contributed by atoms with Crippen molar-refractivity contribution in [3.63, 3.8) is 0 Å². The second-order valence-corrected chi connectivity index (χ2v) is 8.07. The number of hydrogen-bond donors (Lipinski definition) is 1. The largest absolute Gasteiger partial charge is 0.360 e. The van der Waals surface area contributed by atoms with Crippen molar-refractivity contribution in [2.45, 2.75) is 25.8 Å². The molecule has 26 heavy (non-hydrogen) atoms. The second kappa shape index (κ2) is 8.73. The summed E-state index contributed by atoms with van der Waals surface area (Å²) >= 11 is 4.80. The molecular formula is C18H20BrN3O3S. The highest BCUT2D eigenvalue weighted by Gasteiger charge is 2.29. The zero-order valence-corrected chi connectivity index (χ0v) is 16.8. The lowest BCUT2D eigenvalue weighted by Crippen LogP contribution is -2.32. The molecule has 0 radical (unpaired) electrons. The maximum atomic E-state index is 12.6. The van der Waals surface area contributed by atoms with Gasteiger partial charge in [-0.1, -0.05) is 33.2 Å². The zero-order valence-electron chi connectivity index (χ0n) is 14.4. The topological polar surface area (TPSA) is 75.4 Å². The first kappa shape index (κ1) is 19.0. The van der Waals surface area contributed by atoms with E-state index in [4.69, 9.17) is 4.52 Å². The fourth-order valence-corrected chi connectivity index (χ4v) is 4.16. The zero-order chi connectivity index (χ0) is 18.5. The molecule has 1 aliphatic heterocycles. The van der Waals surface area contributed by atoms with Gasteiger partial charge >= 0.3 is 0 Å². The van der Waals surface area contributed by atoms with Crippen molar-refractivity contribution in [3.8, 4) is 0 Å². The molecule has 0 saturated carbocycles. The Kier molecular flexibility index (Phi) is 6.37. The van der Waals surface area contributed by atoms with Gasteiger partial charge < -0.3 is 14.7 Å². The van der Waals surface area contributed by atoms with E-state index in [1.807, 2.05) is 17.0 Å². The summed E-state index contributed by atoms with van der Waals surface area (Å²) in [6.07, 6.45) is 1.97. The summed E-state index contributed by atoms with van der Waals surface area (Å²) < 4.78 is 5.92. The van der Waals surface area contributed by atoms with Gasteiger partial charge in [0.05, 0.1) is 17.5 Å². The van der Waals surface area contributed by atoms with Crippen LogP contribution in [0.4, 0.5) is 5.82 Å². The van der Waals surface area contributed by atoms with E-state index in [0.717, 1.165) is 29.4 Å². The molecule has 2 amide bonds. The van der Waals surface area contributed by atoms with Gasteiger partial charge in [0, 0.05) is 17.1 Å². The first-order valence-corrected chi connectivity index (χ1v) is 10.3. The minimum Gasteiger partial charge on any atom is -0.360 e. The average Bonchev–Trinajstić information content (AvgIpc) is 3.24. The number of anilines is 1. The number of amides is 2. The standard InChI is InChI=1S/C18H20BrN3O3S/c1-12-8-16(21-25-12)20-17(23)10-26-11-18(24)22-7-3-6-15(22)13-4-2-5-14(19)9-13/h2,4-5,8-9,15H,3,6-7,10-11H2,1H3,(H,20,21,23). The molecule has 1 atom stereocenters. The summed E-state index contributed by atoms with van der Waals surface area (Å²) in [5.74, 6) is 1.40. The van der Waals surface area contributed by atoms with Crippen molar-refractivity contribution in [3.05, 3.63) is 46.1 Å². The van der Waals surface area contributed by atoms with Crippen molar-refractivity contribution in [2.75, 3.05) is 23.4 Å². The molecule has 2 aromatic rings. The van der Waals surface area contributed by atoms with E-state index in [1.54, 1.807) is 13.0 Å². The molecule has 1 aromatic heterocycles. The van der Waals surface area contributed by atoms with Gasteiger partial charge in [-0.05, 0) is 37.5 Å². The van der Waals surface area contributed by atoms with Crippen LogP contribution in [-0.2, 0) is 9.59 Å². The number of carbonyl (C=O) groups excluding carboxylic acids is 2. The molecule has 6 nitrogen and oxygen atoms in total. The van der Waals surface area contributed by atoms with Crippen LogP contribution in [0.2, 0.25) is 0 Å². The minimum atomic E-state index is -0.193. The maximum Gasteiger partial charge on any atom is 0.235 e. The van der Waals surface area contributed by atoms with Gasteiger partial charge in [-0.3, -0.25) is 9.59 Å². The van der Waals surface area contributed by atoms with E-state index in [1.165, 1.54) is 11.8 Å². The van der Waals surface area contributed by atoms with Crippen molar-refractivity contribution in [2.24, 2.45) is 0 Å². The number of aromatic nitrogens is 1. The second-order valence-electron chi connectivity index (χ2n) is 6.16. The maximum absolute atomic E-state index is 12.6. The number of likely N-dealkylation sites (tertiary alicyclic amines) is 1. The van der Waals surface area contributed by atoms with Gasteiger partial charge in [-0.15, -0.1) is 11.8 Å². The molecule has 8 heteroatoms. The third-order valence-corrected chi connectivity index (χ3v) is 5.57. The van der Waals surface area contributed by atoms with Crippen molar-refractivity contribution < 1.29 is 14.1 Å². The van der Waals surface area contributed by atoms with E-state index in [2.05, 4.69) is 38.5 Å². The van der Waals surface area contributed by atoms with Crippen LogP contribution in [0.3, 0.4) is 0 Å². The lowest BCUT2D eigenvalue weighted by molar-refractivity contribution is -0.129. The Morgan fingerprint density at radius 3 is 2.96 bits per heavy atom. The predicted molar refractivity (Wildman–Crippen MR) is 105 cm³/mol. The van der Waals surface area contributed by atoms with Gasteiger partial charge in [0.25, 0.3) is 0 Å². The first-order valence-electron chi connectivity index (χ1n) is 8.39. The Bertz CT molecular complexity index is 795. The first-order chi connectivity index (χ1) is 12.5. The smallest absolute Gasteiger partial charge is 0.235 e. The normalized spacial score (nSPS) is 16.7. The number of nitrogens with one attached hydrogen (secondary N) is 1. The summed E-state index contributed by atoms with van der Waals surface area (Å²) in [6, 6.07) is 9.87. The number of carbonyl (C=O) groups is 2. The van der Waals surface area contributed by atoms with Crippen LogP contribution < -0.4 is 5.32 Å². The number of hydrogen-bond acceptors (Lipinski definition) is 5. The Morgan fingerprint density at radius 2 is 2.23 bits per heavy atom. The molecule has 0 bridgehead atoms. The lowest BCUT2D eigenvalue weighted by atomic mass is 10.0. The minimum absolute atomic E-state index is 0.0718. The highest BCUT2D eigenvalue weighted by molar-refractivity contribution is 9.10. The lowest BCUT2D eigenvalue weighted by Gasteiger charge is -2.25. The van der Waals surface area contributed by atoms with Gasteiger partial charge in [-0.25, -0.2) is 0 Å². The summed E-state index contributed by atoms with van der Waals surface area (Å²) in [4.78, 5) is 26.4. The van der Waals surface area contributed by atoms with Crippen LogP contribution in [0.1, 0.15) is 30.2 Å². The summed E-state index contributed by atoms with van der Waals surface area (Å²) in [5.41, 5.74) is 1.15. The number of rotatable bonds is 6. The molecule has 0 spiro atoms. The molecule has 3 rings (SSSR count). The fourth-order valence-electron chi connectivity index (χ4n) is 3.04. The van der Waals surface area contributed by atoms with Crippen LogP contribution in [0, 0.1) is 6.92 Å². The molecule has 2 heterocycles. The predicted octanol–water partition coefficient (Wildman–Crippen LogP) is 3.78. The Labute approximate surface area is 164 Å². The van der Waals surface area contributed by atoms with Crippen LogP contribution in [0.25, 0.3) is 0 Å². The highest BCUT2D eigenvalue weighted by Crippen LogP contribution is 2.33. The van der Waals surface area contributed by atoms with Crippen LogP contribution in [0.5, 0.6) is 0 Å². The van der Waals surface area contributed by atoms with E-state index in [0.29, 0.717) is 11.6 Å². The molecule has 1 aliphatic rings. The molecule has 1 fully saturated rings. The monoisotopic (exact) mass is 437 g/mol. The van der Waals surface area contributed by atoms with Crippen molar-refractivity contribution in [1.82, 2.24) is 10.1 Å². The van der Waals surface area contributed by atoms with Gasteiger partial charge in [0.15, 0.2) is 5.82 Å². The third-order valence-electron chi connectivity index (χ3n) is 4.16. The van der Waals surface area contributed by atoms with E-state index in [9.17, 15) is 9.59 Å². The Hall–Kier alpha value is -1.80. The van der Waals surface area contributed by atoms with Crippen molar-refractivity contribution in [1.29, 1.82) is 0 Å². The Balaban J connectivity index is 1.48. The molecule has 0 aliphatic carbocycles. The van der Waals surface area contributed by atoms with Crippen LogP contribution >= 0.6 is 27.7 Å². The number of aryl methyl sites for hydroxylation is 1. The quantitative estimate of drug-likeness (QED) is 0.743. The highest BCUT2D eigenvalue weighted by atomic mass is 79.9. The van der Waals surface area contributed by atoms with E-state index >= 15 is 0 Å². The molecule has 138 valence electrons. The average molecular weight is 438 g/mol. The van der Waals surface area contributed by atoms with Gasteiger partial charge in [0.2, 0.25) is 11.8 Å². The molecule has 1 N–H and O–H groups in total. The molecule has 1 aromatic carbocycles. The van der Waals surface area contributed by atoms with Crippen LogP contribution in [0.15, 0.2) is 39.3 Å². The summed E-state index contributed by atoms with van der Waals surface area (Å²) in [7, 11) is 0. The van der Waals surface area contributed by atoms with Gasteiger partial charge in [-0.2, -0.15) is 0 Å². The number of benzene rings is 1. The van der Waals surface area contributed by atoms with E-state index in [-0.39, 0.29) is 29.4 Å². The van der Waals surface area contributed by atoms with Gasteiger partial charge in [0.1, 0.15) is 5.76 Å². The number of nitrogens with zero attached hydrogens (tertiary/aromatic N) is 2. The SMILES string of the molecule is Cc1cc(NC(=O)CSCC(=O)N2CCCC2c2cccc(Br)c2)no1. The third kappa shape index (κ3) is 4.88. The van der Waals surface area contributed by atoms with E-state index < -0.39 is 0 Å². The number of thioether (sulfide) groups is 1. The summed E-state index contributed by atoms with van der Waals surface area (Å²) in [6.45, 7) is 2.52. The van der Waals surface area contributed by atoms with Crippen molar-refractivity contribution >= 4 is 45.3 Å². The Morgan fingerprint density at radius 1 is 1.38 bits per heavy atom. The molecule has 1 saturated heterocycles. The number of halogens is 1. The fraction of sp³-hybridized carbons (Fsp3) is 0.389. The molecule has 1 unspecified atom stereocenters.